The van der Waals surface area contributed by atoms with Crippen LogP contribution in [0, 0.1) is 0 Å². The van der Waals surface area contributed by atoms with E-state index in [-0.39, 0.29) is 0 Å². The SMILES string of the molecule is COCC(O)CN(C)c1snc(N)c1-c1ccccc1. The molecule has 0 spiro atoms. The van der Waals surface area contributed by atoms with Crippen molar-refractivity contribution in [2.24, 2.45) is 0 Å². The number of rotatable bonds is 6. The maximum atomic E-state index is 9.84. The molecule has 6 heteroatoms. The zero-order valence-corrected chi connectivity index (χ0v) is 12.4. The third kappa shape index (κ3) is 3.27. The first-order valence-corrected chi connectivity index (χ1v) is 7.09. The van der Waals surface area contributed by atoms with Gasteiger partial charge in [-0.05, 0) is 17.1 Å². The second-order valence-corrected chi connectivity index (χ2v) is 5.36. The normalized spacial score (nSPS) is 12.3. The number of nitrogens with zero attached hydrogens (tertiary/aromatic N) is 2. The molecule has 2 aromatic rings. The number of aliphatic hydroxyl groups is 1. The molecule has 0 bridgehead atoms. The van der Waals surface area contributed by atoms with Gasteiger partial charge in [0, 0.05) is 20.7 Å². The van der Waals surface area contributed by atoms with Gasteiger partial charge >= 0.3 is 0 Å². The van der Waals surface area contributed by atoms with Crippen molar-refractivity contribution >= 4 is 22.4 Å². The molecule has 108 valence electrons. The summed E-state index contributed by atoms with van der Waals surface area (Å²) in [5, 5.41) is 10.8. The molecule has 2 rings (SSSR count). The molecule has 1 aromatic heterocycles. The third-order valence-electron chi connectivity index (χ3n) is 2.95. The van der Waals surface area contributed by atoms with Gasteiger partial charge in [0.25, 0.3) is 0 Å². The van der Waals surface area contributed by atoms with Gasteiger partial charge in [-0.25, -0.2) is 0 Å². The number of hydrogen-bond acceptors (Lipinski definition) is 6. The summed E-state index contributed by atoms with van der Waals surface area (Å²) in [7, 11) is 3.49. The lowest BCUT2D eigenvalue weighted by Gasteiger charge is -2.21. The van der Waals surface area contributed by atoms with Crippen molar-refractivity contribution in [2.75, 3.05) is 37.9 Å². The summed E-state index contributed by atoms with van der Waals surface area (Å²) in [4.78, 5) is 1.96. The van der Waals surface area contributed by atoms with E-state index in [9.17, 15) is 5.11 Å². The van der Waals surface area contributed by atoms with Crippen LogP contribution in [-0.4, -0.2) is 42.9 Å². The first-order valence-electron chi connectivity index (χ1n) is 6.32. The van der Waals surface area contributed by atoms with E-state index in [0.29, 0.717) is 19.0 Å². The summed E-state index contributed by atoms with van der Waals surface area (Å²) in [5.41, 5.74) is 7.93. The first-order chi connectivity index (χ1) is 9.63. The minimum absolute atomic E-state index is 0.305. The van der Waals surface area contributed by atoms with Gasteiger partial charge in [0.15, 0.2) is 0 Å². The molecule has 0 amide bonds. The molecule has 1 atom stereocenters. The van der Waals surface area contributed by atoms with Crippen LogP contribution < -0.4 is 10.6 Å². The van der Waals surface area contributed by atoms with Crippen molar-refractivity contribution in [3.63, 3.8) is 0 Å². The van der Waals surface area contributed by atoms with Crippen molar-refractivity contribution in [3.05, 3.63) is 30.3 Å². The quantitative estimate of drug-likeness (QED) is 0.850. The highest BCUT2D eigenvalue weighted by Crippen LogP contribution is 2.38. The van der Waals surface area contributed by atoms with Crippen molar-refractivity contribution in [1.29, 1.82) is 0 Å². The van der Waals surface area contributed by atoms with Crippen LogP contribution in [0.4, 0.5) is 10.8 Å². The van der Waals surface area contributed by atoms with E-state index in [1.54, 1.807) is 7.11 Å². The number of anilines is 2. The van der Waals surface area contributed by atoms with Crippen molar-refractivity contribution in [1.82, 2.24) is 4.37 Å². The molecule has 1 heterocycles. The smallest absolute Gasteiger partial charge is 0.147 e. The van der Waals surface area contributed by atoms with E-state index in [0.717, 1.165) is 16.1 Å². The number of aromatic nitrogens is 1. The van der Waals surface area contributed by atoms with E-state index in [4.69, 9.17) is 10.5 Å². The minimum atomic E-state index is -0.544. The molecular formula is C14H19N3O2S. The summed E-state index contributed by atoms with van der Waals surface area (Å²) < 4.78 is 9.18. The second kappa shape index (κ2) is 6.69. The van der Waals surface area contributed by atoms with Gasteiger partial charge in [-0.2, -0.15) is 4.37 Å². The van der Waals surface area contributed by atoms with Crippen molar-refractivity contribution in [2.45, 2.75) is 6.10 Å². The van der Waals surface area contributed by atoms with Gasteiger partial charge in [-0.3, -0.25) is 0 Å². The fourth-order valence-corrected chi connectivity index (χ4v) is 2.88. The molecule has 0 fully saturated rings. The Hall–Kier alpha value is -1.63. The Balaban J connectivity index is 2.25. The number of nitrogens with two attached hydrogens (primary N) is 1. The van der Waals surface area contributed by atoms with E-state index < -0.39 is 6.10 Å². The fourth-order valence-electron chi connectivity index (χ4n) is 2.07. The van der Waals surface area contributed by atoms with Gasteiger partial charge in [0.2, 0.25) is 0 Å². The molecule has 20 heavy (non-hydrogen) atoms. The molecular weight excluding hydrogens is 274 g/mol. The van der Waals surface area contributed by atoms with Gasteiger partial charge in [-0.15, -0.1) is 0 Å². The molecule has 0 aliphatic rings. The Morgan fingerprint density at radius 3 is 2.75 bits per heavy atom. The number of hydrogen-bond donors (Lipinski definition) is 2. The Kier molecular flexibility index (Phi) is 4.94. The van der Waals surface area contributed by atoms with Crippen LogP contribution in [-0.2, 0) is 4.74 Å². The van der Waals surface area contributed by atoms with Crippen LogP contribution in [0.1, 0.15) is 0 Å². The average molecular weight is 293 g/mol. The summed E-state index contributed by atoms with van der Waals surface area (Å²) in [6, 6.07) is 9.91. The topological polar surface area (TPSA) is 71.6 Å². The maximum absolute atomic E-state index is 9.84. The Labute approximate surface area is 122 Å². The second-order valence-electron chi connectivity index (χ2n) is 4.60. The zero-order chi connectivity index (χ0) is 14.5. The number of methoxy groups -OCH3 is 1. The van der Waals surface area contributed by atoms with Gasteiger partial charge < -0.3 is 20.5 Å². The van der Waals surface area contributed by atoms with Crippen LogP contribution in [0.5, 0.6) is 0 Å². The van der Waals surface area contributed by atoms with Crippen LogP contribution in [0.15, 0.2) is 30.3 Å². The van der Waals surface area contributed by atoms with Crippen molar-refractivity contribution in [3.8, 4) is 11.1 Å². The predicted octanol–water partition coefficient (Wildman–Crippen LogP) is 1.84. The monoisotopic (exact) mass is 293 g/mol. The Morgan fingerprint density at radius 1 is 1.40 bits per heavy atom. The summed E-state index contributed by atoms with van der Waals surface area (Å²) in [6.45, 7) is 0.772. The highest BCUT2D eigenvalue weighted by Gasteiger charge is 2.18. The summed E-state index contributed by atoms with van der Waals surface area (Å²) in [6.07, 6.45) is -0.544. The van der Waals surface area contributed by atoms with Gasteiger partial charge in [-0.1, -0.05) is 30.3 Å². The first kappa shape index (κ1) is 14.8. The minimum Gasteiger partial charge on any atom is -0.389 e. The molecule has 0 radical (unpaired) electrons. The van der Waals surface area contributed by atoms with E-state index in [2.05, 4.69) is 4.37 Å². The highest BCUT2D eigenvalue weighted by atomic mass is 32.1. The number of aliphatic hydroxyl groups excluding tert-OH is 1. The molecule has 1 aromatic carbocycles. The van der Waals surface area contributed by atoms with E-state index in [1.165, 1.54) is 11.5 Å². The van der Waals surface area contributed by atoms with Crippen LogP contribution in [0.3, 0.4) is 0 Å². The standard InChI is InChI=1S/C14H19N3O2S/c1-17(8-11(18)9-19-2)14-12(13(15)16-20-14)10-6-4-3-5-7-10/h3-7,11,18H,8-9H2,1-2H3,(H2,15,16). The Morgan fingerprint density at radius 2 is 2.10 bits per heavy atom. The van der Waals surface area contributed by atoms with Crippen LogP contribution >= 0.6 is 11.5 Å². The number of likely N-dealkylation sites (N-methyl/N-ethyl adjacent to an activating group) is 1. The lowest BCUT2D eigenvalue weighted by Crippen LogP contribution is -2.31. The largest absolute Gasteiger partial charge is 0.389 e. The third-order valence-corrected chi connectivity index (χ3v) is 3.93. The van der Waals surface area contributed by atoms with E-state index >= 15 is 0 Å². The van der Waals surface area contributed by atoms with E-state index in [1.807, 2.05) is 42.3 Å². The molecule has 0 aliphatic heterocycles. The van der Waals surface area contributed by atoms with Crippen LogP contribution in [0.2, 0.25) is 0 Å². The van der Waals surface area contributed by atoms with Gasteiger partial charge in [0.05, 0.1) is 18.3 Å². The number of benzene rings is 1. The maximum Gasteiger partial charge on any atom is 0.147 e. The molecule has 5 nitrogen and oxygen atoms in total. The lowest BCUT2D eigenvalue weighted by atomic mass is 10.1. The molecule has 3 N–H and O–H groups in total. The average Bonchev–Trinajstić information content (AvgIpc) is 2.82. The summed E-state index contributed by atoms with van der Waals surface area (Å²) >= 11 is 1.34. The Bertz CT molecular complexity index is 545. The fraction of sp³-hybridized carbons (Fsp3) is 0.357. The molecule has 0 aliphatic carbocycles. The number of nitrogen functional groups attached to an aromatic ring is 1. The highest BCUT2D eigenvalue weighted by molar-refractivity contribution is 7.11. The molecule has 1 unspecified atom stereocenters. The molecule has 0 saturated carbocycles. The number of ether oxygens (including phenoxy) is 1. The van der Waals surface area contributed by atoms with Crippen molar-refractivity contribution < 1.29 is 9.84 Å². The zero-order valence-electron chi connectivity index (χ0n) is 11.6. The molecule has 0 saturated heterocycles. The summed E-state index contributed by atoms with van der Waals surface area (Å²) in [5.74, 6) is 0.518. The van der Waals surface area contributed by atoms with Crippen LogP contribution in [0.25, 0.3) is 11.1 Å². The lowest BCUT2D eigenvalue weighted by molar-refractivity contribution is 0.0696. The predicted molar refractivity (Wildman–Crippen MR) is 83.1 cm³/mol. The van der Waals surface area contributed by atoms with Gasteiger partial charge in [0.1, 0.15) is 10.8 Å².